The minimum Gasteiger partial charge on any atom is -0.464 e. The largest absolute Gasteiger partial charge is 0.464 e. The van der Waals surface area contributed by atoms with Crippen molar-refractivity contribution >= 4 is 27.5 Å². The lowest BCUT2D eigenvalue weighted by atomic mass is 10.3. The van der Waals surface area contributed by atoms with Gasteiger partial charge in [0.2, 0.25) is 0 Å². The highest BCUT2D eigenvalue weighted by Gasteiger charge is 2.19. The van der Waals surface area contributed by atoms with Gasteiger partial charge < -0.3 is 4.74 Å². The third-order valence-electron chi connectivity index (χ3n) is 3.08. The number of carbonyl (C=O) groups is 1. The molecular formula is C14H18N2O3S. The molecule has 6 heteroatoms. The van der Waals surface area contributed by atoms with Crippen molar-refractivity contribution in [2.45, 2.75) is 39.7 Å². The van der Waals surface area contributed by atoms with Crippen molar-refractivity contribution in [3.8, 4) is 0 Å². The molecule has 0 unspecified atom stereocenters. The third kappa shape index (κ3) is 2.75. The van der Waals surface area contributed by atoms with Crippen molar-refractivity contribution in [3.05, 3.63) is 27.6 Å². The normalized spacial score (nSPS) is 12.6. The Kier molecular flexibility index (Phi) is 4.54. The molecule has 0 saturated carbocycles. The number of ether oxygens (including phenoxy) is 1. The fraction of sp³-hybridized carbons (Fsp3) is 0.500. The Morgan fingerprint density at radius 1 is 1.50 bits per heavy atom. The monoisotopic (exact) mass is 294 g/mol. The van der Waals surface area contributed by atoms with Crippen LogP contribution >= 0.6 is 11.3 Å². The van der Waals surface area contributed by atoms with Crippen molar-refractivity contribution in [1.29, 1.82) is 0 Å². The first-order valence-electron chi connectivity index (χ1n) is 6.74. The number of aryl methyl sites for hydroxylation is 1. The summed E-state index contributed by atoms with van der Waals surface area (Å²) in [5.74, 6) is -0.402. The first-order valence-corrected chi connectivity index (χ1v) is 7.56. The van der Waals surface area contributed by atoms with Gasteiger partial charge in [0.15, 0.2) is 0 Å². The zero-order chi connectivity index (χ0) is 14.7. The fourth-order valence-electron chi connectivity index (χ4n) is 1.87. The minimum absolute atomic E-state index is 0.188. The Labute approximate surface area is 121 Å². The van der Waals surface area contributed by atoms with Crippen molar-refractivity contribution in [2.75, 3.05) is 6.61 Å². The van der Waals surface area contributed by atoms with E-state index in [9.17, 15) is 9.59 Å². The average molecular weight is 294 g/mol. The molecule has 2 rings (SSSR count). The zero-order valence-corrected chi connectivity index (χ0v) is 12.7. The Balaban J connectivity index is 2.37. The van der Waals surface area contributed by atoms with Crippen LogP contribution in [-0.2, 0) is 16.0 Å². The predicted molar refractivity (Wildman–Crippen MR) is 79.2 cm³/mol. The Hall–Kier alpha value is -1.69. The maximum Gasteiger partial charge on any atom is 0.328 e. The van der Waals surface area contributed by atoms with Gasteiger partial charge in [-0.2, -0.15) is 0 Å². The molecule has 0 aromatic carbocycles. The van der Waals surface area contributed by atoms with Crippen molar-refractivity contribution in [2.24, 2.45) is 0 Å². The van der Waals surface area contributed by atoms with Crippen molar-refractivity contribution in [3.63, 3.8) is 0 Å². The van der Waals surface area contributed by atoms with Crippen LogP contribution in [0.5, 0.6) is 0 Å². The first-order chi connectivity index (χ1) is 9.58. The summed E-state index contributed by atoms with van der Waals surface area (Å²) in [5, 5.41) is 0.574. The molecule has 5 nitrogen and oxygen atoms in total. The van der Waals surface area contributed by atoms with Gasteiger partial charge in [0.05, 0.1) is 18.3 Å². The van der Waals surface area contributed by atoms with E-state index < -0.39 is 12.0 Å². The van der Waals surface area contributed by atoms with Crippen LogP contribution < -0.4 is 5.56 Å². The second-order valence-corrected chi connectivity index (χ2v) is 5.70. The van der Waals surface area contributed by atoms with Gasteiger partial charge in [-0.15, -0.1) is 11.3 Å². The molecule has 20 heavy (non-hydrogen) atoms. The van der Waals surface area contributed by atoms with Crippen LogP contribution in [-0.4, -0.2) is 22.1 Å². The van der Waals surface area contributed by atoms with E-state index in [2.05, 4.69) is 4.98 Å². The van der Waals surface area contributed by atoms with Gasteiger partial charge in [-0.3, -0.25) is 9.36 Å². The van der Waals surface area contributed by atoms with Crippen LogP contribution in [0.25, 0.3) is 10.2 Å². The van der Waals surface area contributed by atoms with Gasteiger partial charge >= 0.3 is 5.97 Å². The quantitative estimate of drug-likeness (QED) is 0.795. The minimum atomic E-state index is -0.657. The van der Waals surface area contributed by atoms with E-state index in [4.69, 9.17) is 4.74 Å². The van der Waals surface area contributed by atoms with Crippen molar-refractivity contribution < 1.29 is 9.53 Å². The summed E-state index contributed by atoms with van der Waals surface area (Å²) in [7, 11) is 0. The van der Waals surface area contributed by atoms with Crippen LogP contribution in [0.2, 0.25) is 0 Å². The maximum atomic E-state index is 12.4. The number of nitrogens with zero attached hydrogens (tertiary/aromatic N) is 2. The summed E-state index contributed by atoms with van der Waals surface area (Å²) < 4.78 is 6.42. The summed E-state index contributed by atoms with van der Waals surface area (Å²) in [6.45, 7) is 5.98. The molecule has 0 saturated heterocycles. The Morgan fingerprint density at radius 3 is 2.90 bits per heavy atom. The van der Waals surface area contributed by atoms with Gasteiger partial charge in [-0.05, 0) is 25.8 Å². The summed E-state index contributed by atoms with van der Waals surface area (Å²) in [5.41, 5.74) is -0.188. The SMILES string of the molecule is CCCOC(=O)[C@@H](C)n1cnc2sc(CC)cc2c1=O. The van der Waals surface area contributed by atoms with Gasteiger partial charge in [0.1, 0.15) is 10.9 Å². The molecule has 0 spiro atoms. The average Bonchev–Trinajstić information content (AvgIpc) is 2.88. The number of hydrogen-bond donors (Lipinski definition) is 0. The van der Waals surface area contributed by atoms with Crippen LogP contribution in [0.4, 0.5) is 0 Å². The van der Waals surface area contributed by atoms with Crippen LogP contribution in [0.3, 0.4) is 0 Å². The highest BCUT2D eigenvalue weighted by Crippen LogP contribution is 2.21. The Morgan fingerprint density at radius 2 is 2.25 bits per heavy atom. The van der Waals surface area contributed by atoms with Gasteiger partial charge in [0.25, 0.3) is 5.56 Å². The molecule has 0 fully saturated rings. The number of aromatic nitrogens is 2. The Bertz CT molecular complexity index is 675. The molecule has 0 aliphatic heterocycles. The maximum absolute atomic E-state index is 12.4. The van der Waals surface area contributed by atoms with Crippen LogP contribution in [0, 0.1) is 0 Å². The molecule has 0 aliphatic carbocycles. The van der Waals surface area contributed by atoms with E-state index in [1.54, 1.807) is 6.92 Å². The first kappa shape index (κ1) is 14.7. The molecule has 108 valence electrons. The van der Waals surface area contributed by atoms with E-state index >= 15 is 0 Å². The van der Waals surface area contributed by atoms with Crippen LogP contribution in [0.15, 0.2) is 17.2 Å². The number of rotatable bonds is 5. The zero-order valence-electron chi connectivity index (χ0n) is 11.9. The summed E-state index contributed by atoms with van der Waals surface area (Å²) in [4.78, 5) is 30.3. The summed E-state index contributed by atoms with van der Waals surface area (Å²) in [6.07, 6.45) is 3.06. The van der Waals surface area contributed by atoms with E-state index in [-0.39, 0.29) is 5.56 Å². The third-order valence-corrected chi connectivity index (χ3v) is 4.27. The molecular weight excluding hydrogens is 276 g/mol. The smallest absolute Gasteiger partial charge is 0.328 e. The number of fused-ring (bicyclic) bond motifs is 1. The van der Waals surface area contributed by atoms with E-state index in [0.717, 1.165) is 22.5 Å². The molecule has 0 aliphatic rings. The number of hydrogen-bond acceptors (Lipinski definition) is 5. The predicted octanol–water partition coefficient (Wildman–Crippen LogP) is 2.53. The van der Waals surface area contributed by atoms with E-state index in [1.165, 1.54) is 22.2 Å². The molecule has 0 bridgehead atoms. The summed E-state index contributed by atoms with van der Waals surface area (Å²) in [6, 6.07) is 1.20. The fourth-order valence-corrected chi connectivity index (χ4v) is 2.80. The number of esters is 1. The highest BCUT2D eigenvalue weighted by atomic mass is 32.1. The lowest BCUT2D eigenvalue weighted by Gasteiger charge is -2.13. The van der Waals surface area contributed by atoms with E-state index in [1.807, 2.05) is 19.9 Å². The highest BCUT2D eigenvalue weighted by molar-refractivity contribution is 7.18. The van der Waals surface area contributed by atoms with Gasteiger partial charge in [0, 0.05) is 4.88 Å². The molecule has 1 atom stereocenters. The molecule has 2 aromatic heterocycles. The second kappa shape index (κ2) is 6.17. The van der Waals surface area contributed by atoms with Crippen LogP contribution in [0.1, 0.15) is 38.1 Å². The van der Waals surface area contributed by atoms with Gasteiger partial charge in [-0.25, -0.2) is 9.78 Å². The number of thiophene rings is 1. The summed E-state index contributed by atoms with van der Waals surface area (Å²) >= 11 is 1.51. The van der Waals surface area contributed by atoms with Gasteiger partial charge in [-0.1, -0.05) is 13.8 Å². The topological polar surface area (TPSA) is 61.2 Å². The molecule has 0 N–H and O–H groups in total. The van der Waals surface area contributed by atoms with E-state index in [0.29, 0.717) is 12.0 Å². The molecule has 0 radical (unpaired) electrons. The lowest BCUT2D eigenvalue weighted by molar-refractivity contribution is -0.147. The molecule has 2 heterocycles. The lowest BCUT2D eigenvalue weighted by Crippen LogP contribution is -2.29. The van der Waals surface area contributed by atoms with Crippen molar-refractivity contribution in [1.82, 2.24) is 9.55 Å². The molecule has 2 aromatic rings. The number of carbonyl (C=O) groups excluding carboxylic acids is 1. The molecule has 0 amide bonds. The standard InChI is InChI=1S/C14H18N2O3S/c1-4-6-19-14(18)9(3)16-8-15-12-11(13(16)17)7-10(5-2)20-12/h7-9H,4-6H2,1-3H3/t9-/m1/s1. The second-order valence-electron chi connectivity index (χ2n) is 4.59.